The molecule has 0 bridgehead atoms. The quantitative estimate of drug-likeness (QED) is 0.796. The van der Waals surface area contributed by atoms with Crippen LogP contribution in [0.25, 0.3) is 0 Å². The predicted octanol–water partition coefficient (Wildman–Crippen LogP) is 2.08. The second kappa shape index (κ2) is 8.46. The molecule has 7 nitrogen and oxygen atoms in total. The van der Waals surface area contributed by atoms with E-state index in [-0.39, 0.29) is 18.5 Å². The Balaban J connectivity index is 1.55. The summed E-state index contributed by atoms with van der Waals surface area (Å²) >= 11 is 0. The van der Waals surface area contributed by atoms with Crippen molar-refractivity contribution in [1.29, 1.82) is 0 Å². The van der Waals surface area contributed by atoms with Gasteiger partial charge in [-0.15, -0.1) is 0 Å². The Bertz CT molecular complexity index is 917. The van der Waals surface area contributed by atoms with Gasteiger partial charge in [0, 0.05) is 26.2 Å². The van der Waals surface area contributed by atoms with Crippen molar-refractivity contribution in [2.75, 3.05) is 32.7 Å². The Kier molecular flexibility index (Phi) is 6.22. The number of piperazine rings is 1. The average molecular weight is 406 g/mol. The third-order valence-electron chi connectivity index (χ3n) is 5.01. The molecule has 0 unspecified atom stereocenters. The number of hydrogen-bond acceptors (Lipinski definition) is 5. The number of amides is 1. The second-order valence-electron chi connectivity index (χ2n) is 7.25. The number of furan rings is 1. The zero-order chi connectivity index (χ0) is 20.3. The summed E-state index contributed by atoms with van der Waals surface area (Å²) < 4.78 is 32.8. The van der Waals surface area contributed by atoms with Crippen LogP contribution in [-0.2, 0) is 14.8 Å². The van der Waals surface area contributed by atoms with Gasteiger partial charge in [-0.3, -0.25) is 9.69 Å². The van der Waals surface area contributed by atoms with Crippen LogP contribution in [0.2, 0.25) is 0 Å². The molecule has 1 N–H and O–H groups in total. The van der Waals surface area contributed by atoms with E-state index >= 15 is 0 Å². The standard InChI is InChI=1S/C20H27N3O4S/c1-15-6-7-16(2)19(13-15)28(25,26)23-10-8-22(9-11-23)14-20(24)21-17(3)18-5-4-12-27-18/h4-7,12-13,17H,8-11,14H2,1-3H3,(H,21,24)/t17-/m1/s1. The van der Waals surface area contributed by atoms with Crippen molar-refractivity contribution in [3.63, 3.8) is 0 Å². The van der Waals surface area contributed by atoms with Crippen LogP contribution < -0.4 is 5.32 Å². The summed E-state index contributed by atoms with van der Waals surface area (Å²) in [7, 11) is -3.52. The highest BCUT2D eigenvalue weighted by atomic mass is 32.2. The third-order valence-corrected chi connectivity index (χ3v) is 7.05. The zero-order valence-electron chi connectivity index (χ0n) is 16.5. The van der Waals surface area contributed by atoms with Crippen molar-refractivity contribution in [3.8, 4) is 0 Å². The average Bonchev–Trinajstić information content (AvgIpc) is 3.19. The van der Waals surface area contributed by atoms with Crippen LogP contribution in [0.3, 0.4) is 0 Å². The Morgan fingerprint density at radius 1 is 1.18 bits per heavy atom. The molecule has 2 heterocycles. The van der Waals surface area contributed by atoms with Crippen LogP contribution >= 0.6 is 0 Å². The van der Waals surface area contributed by atoms with E-state index < -0.39 is 10.0 Å². The molecule has 1 aliphatic rings. The minimum atomic E-state index is -3.52. The first-order valence-corrected chi connectivity index (χ1v) is 10.8. The monoisotopic (exact) mass is 405 g/mol. The highest BCUT2D eigenvalue weighted by molar-refractivity contribution is 7.89. The summed E-state index contributed by atoms with van der Waals surface area (Å²) in [5.74, 6) is 0.604. The van der Waals surface area contributed by atoms with Crippen LogP contribution in [0.1, 0.15) is 29.9 Å². The maximum absolute atomic E-state index is 13.0. The predicted molar refractivity (Wildman–Crippen MR) is 106 cm³/mol. The van der Waals surface area contributed by atoms with E-state index in [4.69, 9.17) is 4.42 Å². The van der Waals surface area contributed by atoms with Crippen LogP contribution in [0.15, 0.2) is 45.9 Å². The summed E-state index contributed by atoms with van der Waals surface area (Å²) in [5.41, 5.74) is 1.67. The number of hydrogen-bond donors (Lipinski definition) is 1. The molecule has 2 aromatic rings. The van der Waals surface area contributed by atoms with Crippen molar-refractivity contribution in [2.45, 2.75) is 31.7 Å². The molecule has 8 heteroatoms. The number of sulfonamides is 1. The molecule has 1 aromatic carbocycles. The van der Waals surface area contributed by atoms with E-state index in [9.17, 15) is 13.2 Å². The lowest BCUT2D eigenvalue weighted by Gasteiger charge is -2.34. The first kappa shape index (κ1) is 20.6. The van der Waals surface area contributed by atoms with Crippen LogP contribution in [-0.4, -0.2) is 56.3 Å². The third kappa shape index (κ3) is 4.63. The molecule has 28 heavy (non-hydrogen) atoms. The van der Waals surface area contributed by atoms with Gasteiger partial charge in [-0.2, -0.15) is 4.31 Å². The number of rotatable bonds is 6. The lowest BCUT2D eigenvalue weighted by atomic mass is 10.2. The number of benzene rings is 1. The summed E-state index contributed by atoms with van der Waals surface area (Å²) in [4.78, 5) is 14.6. The SMILES string of the molecule is Cc1ccc(C)c(S(=O)(=O)N2CCN(CC(=O)N[C@H](C)c3ccco3)CC2)c1. The van der Waals surface area contributed by atoms with Crippen LogP contribution in [0.5, 0.6) is 0 Å². The van der Waals surface area contributed by atoms with Gasteiger partial charge in [0.15, 0.2) is 0 Å². The topological polar surface area (TPSA) is 82.9 Å². The Labute approximate surface area is 166 Å². The molecule has 3 rings (SSSR count). The molecule has 1 aliphatic heterocycles. The minimum Gasteiger partial charge on any atom is -0.467 e. The number of carbonyl (C=O) groups excluding carboxylic acids is 1. The summed E-state index contributed by atoms with van der Waals surface area (Å²) in [6.07, 6.45) is 1.58. The van der Waals surface area contributed by atoms with Gasteiger partial charge >= 0.3 is 0 Å². The summed E-state index contributed by atoms with van der Waals surface area (Å²) in [5, 5.41) is 2.90. The fourth-order valence-corrected chi connectivity index (χ4v) is 5.08. The molecular weight excluding hydrogens is 378 g/mol. The molecule has 1 aromatic heterocycles. The Hall–Kier alpha value is -2.16. The lowest BCUT2D eigenvalue weighted by molar-refractivity contribution is -0.123. The molecule has 1 fully saturated rings. The summed E-state index contributed by atoms with van der Waals surface area (Å²) in [6.45, 7) is 7.59. The van der Waals surface area contributed by atoms with E-state index in [1.165, 1.54) is 4.31 Å². The molecule has 0 radical (unpaired) electrons. The largest absolute Gasteiger partial charge is 0.467 e. The number of aryl methyl sites for hydroxylation is 2. The normalized spacial score (nSPS) is 17.4. The van der Waals surface area contributed by atoms with Gasteiger partial charge in [-0.05, 0) is 50.1 Å². The molecular formula is C20H27N3O4S. The van der Waals surface area contributed by atoms with E-state index in [2.05, 4.69) is 5.32 Å². The highest BCUT2D eigenvalue weighted by Crippen LogP contribution is 2.22. The van der Waals surface area contributed by atoms with Gasteiger partial charge in [0.1, 0.15) is 5.76 Å². The van der Waals surface area contributed by atoms with Gasteiger partial charge in [-0.25, -0.2) is 8.42 Å². The maximum Gasteiger partial charge on any atom is 0.243 e. The summed E-state index contributed by atoms with van der Waals surface area (Å²) in [6, 6.07) is 8.88. The maximum atomic E-state index is 13.0. The van der Waals surface area contributed by atoms with Crippen molar-refractivity contribution in [3.05, 3.63) is 53.5 Å². The van der Waals surface area contributed by atoms with E-state index in [1.807, 2.05) is 43.9 Å². The Morgan fingerprint density at radius 3 is 2.54 bits per heavy atom. The lowest BCUT2D eigenvalue weighted by Crippen LogP contribution is -2.51. The molecule has 1 atom stereocenters. The second-order valence-corrected chi connectivity index (χ2v) is 9.16. The van der Waals surface area contributed by atoms with Crippen molar-refractivity contribution >= 4 is 15.9 Å². The van der Waals surface area contributed by atoms with Gasteiger partial charge < -0.3 is 9.73 Å². The smallest absolute Gasteiger partial charge is 0.243 e. The molecule has 1 amide bonds. The van der Waals surface area contributed by atoms with Gasteiger partial charge in [-0.1, -0.05) is 12.1 Å². The van der Waals surface area contributed by atoms with Gasteiger partial charge in [0.2, 0.25) is 15.9 Å². The molecule has 0 spiro atoms. The van der Waals surface area contributed by atoms with E-state index in [1.54, 1.807) is 18.4 Å². The highest BCUT2D eigenvalue weighted by Gasteiger charge is 2.30. The van der Waals surface area contributed by atoms with Crippen LogP contribution in [0, 0.1) is 13.8 Å². The minimum absolute atomic E-state index is 0.102. The number of carbonyl (C=O) groups is 1. The molecule has 152 valence electrons. The molecule has 0 aliphatic carbocycles. The van der Waals surface area contributed by atoms with Crippen molar-refractivity contribution < 1.29 is 17.6 Å². The van der Waals surface area contributed by atoms with Gasteiger partial charge in [0.25, 0.3) is 0 Å². The zero-order valence-corrected chi connectivity index (χ0v) is 17.3. The molecule has 0 saturated carbocycles. The number of nitrogens with zero attached hydrogens (tertiary/aromatic N) is 2. The van der Waals surface area contributed by atoms with Gasteiger partial charge in [0.05, 0.1) is 23.7 Å². The first-order chi connectivity index (χ1) is 13.3. The Morgan fingerprint density at radius 2 is 1.89 bits per heavy atom. The van der Waals surface area contributed by atoms with E-state index in [0.29, 0.717) is 36.8 Å². The van der Waals surface area contributed by atoms with Crippen molar-refractivity contribution in [2.24, 2.45) is 0 Å². The fraction of sp³-hybridized carbons (Fsp3) is 0.450. The fourth-order valence-electron chi connectivity index (χ4n) is 3.35. The number of nitrogens with one attached hydrogen (secondary N) is 1. The van der Waals surface area contributed by atoms with Crippen molar-refractivity contribution in [1.82, 2.24) is 14.5 Å². The van der Waals surface area contributed by atoms with Crippen LogP contribution in [0.4, 0.5) is 0 Å². The van der Waals surface area contributed by atoms with E-state index in [0.717, 1.165) is 11.1 Å². The first-order valence-electron chi connectivity index (χ1n) is 9.40. The molecule has 1 saturated heterocycles.